The van der Waals surface area contributed by atoms with Gasteiger partial charge < -0.3 is 15.8 Å². The lowest BCUT2D eigenvalue weighted by Gasteiger charge is -2.11. The molecule has 2 unspecified atom stereocenters. The summed E-state index contributed by atoms with van der Waals surface area (Å²) in [6.45, 7) is 0.753. The molecule has 0 heterocycles. The van der Waals surface area contributed by atoms with Gasteiger partial charge in [-0.25, -0.2) is 0 Å². The summed E-state index contributed by atoms with van der Waals surface area (Å²) in [5.74, 6) is 1.43. The van der Waals surface area contributed by atoms with Crippen molar-refractivity contribution in [1.29, 1.82) is 0 Å². The third kappa shape index (κ3) is 4.24. The number of nitrogens with two attached hydrogens (primary N) is 1. The molecule has 3 N–H and O–H groups in total. The second kappa shape index (κ2) is 6.57. The quantitative estimate of drug-likeness (QED) is 0.845. The highest BCUT2D eigenvalue weighted by atomic mass is 16.5. The van der Waals surface area contributed by atoms with Crippen LogP contribution in [0.15, 0.2) is 24.3 Å². The van der Waals surface area contributed by atoms with E-state index >= 15 is 0 Å². The molecule has 1 saturated carbocycles. The molecule has 4 heteroatoms. The number of rotatable bonds is 5. The number of carbonyl (C=O) groups is 1. The fourth-order valence-corrected chi connectivity index (χ4v) is 2.55. The SMILES string of the molecule is COc1ccc(CC(=O)NCC2CCC(N)C2)cc1. The van der Waals surface area contributed by atoms with Crippen LogP contribution >= 0.6 is 0 Å². The standard InChI is InChI=1S/C15H22N2O2/c1-19-14-6-3-11(4-7-14)9-15(18)17-10-12-2-5-13(16)8-12/h3-4,6-7,12-13H,2,5,8-10,16H2,1H3,(H,17,18). The van der Waals surface area contributed by atoms with Crippen LogP contribution in [0, 0.1) is 5.92 Å². The minimum absolute atomic E-state index is 0.0747. The van der Waals surface area contributed by atoms with Crippen LogP contribution in [-0.4, -0.2) is 25.6 Å². The molecule has 1 fully saturated rings. The Morgan fingerprint density at radius 3 is 2.68 bits per heavy atom. The van der Waals surface area contributed by atoms with Crippen molar-refractivity contribution in [3.63, 3.8) is 0 Å². The summed E-state index contributed by atoms with van der Waals surface area (Å²) in [6.07, 6.45) is 3.66. The molecular weight excluding hydrogens is 240 g/mol. The number of carbonyl (C=O) groups excluding carboxylic acids is 1. The topological polar surface area (TPSA) is 64.3 Å². The Balaban J connectivity index is 1.74. The van der Waals surface area contributed by atoms with E-state index < -0.39 is 0 Å². The maximum absolute atomic E-state index is 11.8. The Morgan fingerprint density at radius 1 is 1.37 bits per heavy atom. The summed E-state index contributed by atoms with van der Waals surface area (Å²) < 4.78 is 5.09. The predicted octanol–water partition coefficient (Wildman–Crippen LogP) is 1.48. The van der Waals surface area contributed by atoms with Crippen molar-refractivity contribution in [2.75, 3.05) is 13.7 Å². The third-order valence-corrected chi connectivity index (χ3v) is 3.69. The van der Waals surface area contributed by atoms with Crippen molar-refractivity contribution in [3.8, 4) is 5.75 Å². The van der Waals surface area contributed by atoms with Crippen LogP contribution in [0.4, 0.5) is 0 Å². The van der Waals surface area contributed by atoms with E-state index in [1.165, 1.54) is 0 Å². The summed E-state index contributed by atoms with van der Waals surface area (Å²) in [6, 6.07) is 7.91. The maximum atomic E-state index is 11.8. The van der Waals surface area contributed by atoms with Crippen LogP contribution in [0.3, 0.4) is 0 Å². The maximum Gasteiger partial charge on any atom is 0.224 e. The average molecular weight is 262 g/mol. The van der Waals surface area contributed by atoms with Crippen LogP contribution in [-0.2, 0) is 11.2 Å². The lowest BCUT2D eigenvalue weighted by Crippen LogP contribution is -2.30. The highest BCUT2D eigenvalue weighted by Crippen LogP contribution is 2.23. The average Bonchev–Trinajstić information content (AvgIpc) is 2.83. The molecule has 1 amide bonds. The molecule has 2 rings (SSSR count). The zero-order valence-corrected chi connectivity index (χ0v) is 11.4. The van der Waals surface area contributed by atoms with Gasteiger partial charge >= 0.3 is 0 Å². The summed E-state index contributed by atoms with van der Waals surface area (Å²) in [7, 11) is 1.63. The molecule has 1 aliphatic carbocycles. The van der Waals surface area contributed by atoms with Crippen LogP contribution in [0.5, 0.6) is 5.75 Å². The number of amides is 1. The molecule has 0 aromatic heterocycles. The number of hydrogen-bond donors (Lipinski definition) is 2. The highest BCUT2D eigenvalue weighted by molar-refractivity contribution is 5.78. The van der Waals surface area contributed by atoms with E-state index in [4.69, 9.17) is 10.5 Å². The Bertz CT molecular complexity index is 417. The number of ether oxygens (including phenoxy) is 1. The molecule has 104 valence electrons. The first-order valence-corrected chi connectivity index (χ1v) is 6.82. The summed E-state index contributed by atoms with van der Waals surface area (Å²) in [5, 5.41) is 3.00. The minimum Gasteiger partial charge on any atom is -0.497 e. The van der Waals surface area contributed by atoms with Crippen molar-refractivity contribution < 1.29 is 9.53 Å². The van der Waals surface area contributed by atoms with Gasteiger partial charge in [0, 0.05) is 12.6 Å². The van der Waals surface area contributed by atoms with Gasteiger partial charge in [-0.15, -0.1) is 0 Å². The van der Waals surface area contributed by atoms with Gasteiger partial charge in [0.2, 0.25) is 5.91 Å². The van der Waals surface area contributed by atoms with E-state index in [1.54, 1.807) is 7.11 Å². The zero-order valence-electron chi connectivity index (χ0n) is 11.4. The van der Waals surface area contributed by atoms with E-state index in [0.29, 0.717) is 18.4 Å². The third-order valence-electron chi connectivity index (χ3n) is 3.69. The monoisotopic (exact) mass is 262 g/mol. The van der Waals surface area contributed by atoms with E-state index in [2.05, 4.69) is 5.32 Å². The molecular formula is C15H22N2O2. The number of methoxy groups -OCH3 is 1. The molecule has 0 radical (unpaired) electrons. The molecule has 0 bridgehead atoms. The lowest BCUT2D eigenvalue weighted by atomic mass is 10.1. The lowest BCUT2D eigenvalue weighted by molar-refractivity contribution is -0.120. The second-order valence-corrected chi connectivity index (χ2v) is 5.27. The first-order valence-electron chi connectivity index (χ1n) is 6.82. The summed E-state index contributed by atoms with van der Waals surface area (Å²) in [5.41, 5.74) is 6.86. The first kappa shape index (κ1) is 13.9. The molecule has 0 spiro atoms. The van der Waals surface area contributed by atoms with Gasteiger partial charge in [0.25, 0.3) is 0 Å². The smallest absolute Gasteiger partial charge is 0.224 e. The molecule has 1 aromatic rings. The van der Waals surface area contributed by atoms with Gasteiger partial charge in [0.1, 0.15) is 5.75 Å². The van der Waals surface area contributed by atoms with Gasteiger partial charge in [-0.1, -0.05) is 12.1 Å². The van der Waals surface area contributed by atoms with Crippen LogP contribution < -0.4 is 15.8 Å². The number of nitrogens with one attached hydrogen (secondary N) is 1. The van der Waals surface area contributed by atoms with Gasteiger partial charge in [-0.3, -0.25) is 4.79 Å². The van der Waals surface area contributed by atoms with E-state index in [1.807, 2.05) is 24.3 Å². The fourth-order valence-electron chi connectivity index (χ4n) is 2.55. The van der Waals surface area contributed by atoms with E-state index in [9.17, 15) is 4.79 Å². The van der Waals surface area contributed by atoms with Crippen molar-refractivity contribution in [2.45, 2.75) is 31.7 Å². The van der Waals surface area contributed by atoms with Crippen molar-refractivity contribution in [3.05, 3.63) is 29.8 Å². The van der Waals surface area contributed by atoms with Gasteiger partial charge in [0.05, 0.1) is 13.5 Å². The zero-order chi connectivity index (χ0) is 13.7. The second-order valence-electron chi connectivity index (χ2n) is 5.27. The largest absolute Gasteiger partial charge is 0.497 e. The van der Waals surface area contributed by atoms with Gasteiger partial charge in [-0.05, 0) is 42.9 Å². The molecule has 0 saturated heterocycles. The normalized spacial score (nSPS) is 22.2. The minimum atomic E-state index is 0.0747. The van der Waals surface area contributed by atoms with Crippen molar-refractivity contribution >= 4 is 5.91 Å². The number of benzene rings is 1. The Labute approximate surface area is 114 Å². The first-order chi connectivity index (χ1) is 9.17. The molecule has 4 nitrogen and oxygen atoms in total. The Kier molecular flexibility index (Phi) is 4.80. The Morgan fingerprint density at radius 2 is 2.11 bits per heavy atom. The number of hydrogen-bond acceptors (Lipinski definition) is 3. The van der Waals surface area contributed by atoms with Gasteiger partial charge in [-0.2, -0.15) is 0 Å². The Hall–Kier alpha value is -1.55. The molecule has 1 aromatic carbocycles. The highest BCUT2D eigenvalue weighted by Gasteiger charge is 2.21. The predicted molar refractivity (Wildman–Crippen MR) is 75.0 cm³/mol. The van der Waals surface area contributed by atoms with Gasteiger partial charge in [0.15, 0.2) is 0 Å². The van der Waals surface area contributed by atoms with Crippen LogP contribution in [0.25, 0.3) is 0 Å². The van der Waals surface area contributed by atoms with Crippen molar-refractivity contribution in [2.24, 2.45) is 11.7 Å². The molecule has 2 atom stereocenters. The molecule has 19 heavy (non-hydrogen) atoms. The molecule has 1 aliphatic rings. The summed E-state index contributed by atoms with van der Waals surface area (Å²) in [4.78, 5) is 11.8. The van der Waals surface area contributed by atoms with Crippen molar-refractivity contribution in [1.82, 2.24) is 5.32 Å². The van der Waals surface area contributed by atoms with Crippen LogP contribution in [0.1, 0.15) is 24.8 Å². The van der Waals surface area contributed by atoms with E-state index in [0.717, 1.165) is 37.1 Å². The molecule has 0 aliphatic heterocycles. The van der Waals surface area contributed by atoms with Crippen LogP contribution in [0.2, 0.25) is 0 Å². The summed E-state index contributed by atoms with van der Waals surface area (Å²) >= 11 is 0. The fraction of sp³-hybridized carbons (Fsp3) is 0.533. The van der Waals surface area contributed by atoms with E-state index in [-0.39, 0.29) is 5.91 Å².